The molecule has 1 aliphatic rings. The van der Waals surface area contributed by atoms with Gasteiger partial charge in [0.25, 0.3) is 0 Å². The Balaban J connectivity index is 2.11. The quantitative estimate of drug-likeness (QED) is 0.464. The number of nitrogens with one attached hydrogen (secondary N) is 2. The van der Waals surface area contributed by atoms with Gasteiger partial charge in [0.15, 0.2) is 5.82 Å². The van der Waals surface area contributed by atoms with Crippen molar-refractivity contribution in [2.24, 2.45) is 16.6 Å². The molecule has 0 saturated heterocycles. The number of aliphatic imine (C=N–C) groups is 1. The van der Waals surface area contributed by atoms with E-state index in [0.29, 0.717) is 17.6 Å². The number of hydrogen-bond donors (Lipinski definition) is 3. The summed E-state index contributed by atoms with van der Waals surface area (Å²) in [6.45, 7) is 1.85. The molecule has 0 bridgehead atoms. The molecule has 1 aliphatic carbocycles. The fraction of sp³-hybridized carbons (Fsp3) is 0.625. The molecule has 0 spiro atoms. The number of aromatic amines is 2. The normalized spacial score (nSPS) is 19.6. The van der Waals surface area contributed by atoms with Gasteiger partial charge >= 0.3 is 5.69 Å². The van der Waals surface area contributed by atoms with E-state index in [1.54, 1.807) is 0 Å². The van der Waals surface area contributed by atoms with Gasteiger partial charge in [-0.05, 0) is 19.8 Å². The number of nitrogens with two attached hydrogens (primary N) is 1. The van der Waals surface area contributed by atoms with Gasteiger partial charge in [0.05, 0.1) is 5.84 Å². The molecule has 14 heavy (non-hydrogen) atoms. The van der Waals surface area contributed by atoms with Gasteiger partial charge in [-0.2, -0.15) is 5.10 Å². The third-order valence-corrected chi connectivity index (χ3v) is 2.25. The van der Waals surface area contributed by atoms with Crippen LogP contribution in [0.5, 0.6) is 0 Å². The average Bonchev–Trinajstić information content (AvgIpc) is 2.89. The minimum Gasteiger partial charge on any atom is -0.387 e. The zero-order valence-corrected chi connectivity index (χ0v) is 7.95. The number of rotatable bonds is 3. The molecule has 6 heteroatoms. The summed E-state index contributed by atoms with van der Waals surface area (Å²) in [5, 5.41) is 6.09. The lowest BCUT2D eigenvalue weighted by atomic mass is 10.3. The van der Waals surface area contributed by atoms with Crippen LogP contribution < -0.4 is 11.4 Å². The molecule has 1 aromatic heterocycles. The van der Waals surface area contributed by atoms with Crippen LogP contribution in [-0.2, 0) is 0 Å². The van der Waals surface area contributed by atoms with Crippen LogP contribution in [0.3, 0.4) is 0 Å². The second kappa shape index (κ2) is 3.28. The van der Waals surface area contributed by atoms with Crippen LogP contribution in [0, 0.1) is 5.92 Å². The first-order valence-corrected chi connectivity index (χ1v) is 4.64. The molecular formula is C8H13N5O. The van der Waals surface area contributed by atoms with Crippen LogP contribution in [0.4, 0.5) is 0 Å². The third kappa shape index (κ3) is 1.84. The average molecular weight is 195 g/mol. The standard InChI is InChI=1S/C8H13N5O/c1-4(7-11-8(14)13-12-7)10-6(9)5-2-3-5/h4-5H,2-3H2,1H3,(H2,9,10)(H2,11,12,13,14). The molecule has 1 unspecified atom stereocenters. The van der Waals surface area contributed by atoms with Gasteiger partial charge in [-0.15, -0.1) is 0 Å². The fourth-order valence-electron chi connectivity index (χ4n) is 1.25. The van der Waals surface area contributed by atoms with Crippen LogP contribution >= 0.6 is 0 Å². The van der Waals surface area contributed by atoms with Gasteiger partial charge in [-0.3, -0.25) is 9.98 Å². The predicted octanol–water partition coefficient (Wildman–Crippen LogP) is -0.0738. The Kier molecular flexibility index (Phi) is 2.11. The summed E-state index contributed by atoms with van der Waals surface area (Å²) in [4.78, 5) is 17.6. The molecule has 0 aliphatic heterocycles. The summed E-state index contributed by atoms with van der Waals surface area (Å²) in [7, 11) is 0. The van der Waals surface area contributed by atoms with Crippen molar-refractivity contribution >= 4 is 5.84 Å². The van der Waals surface area contributed by atoms with Crippen molar-refractivity contribution in [2.45, 2.75) is 25.8 Å². The summed E-state index contributed by atoms with van der Waals surface area (Å²) < 4.78 is 0. The SMILES string of the molecule is CC(N=C(N)C1CC1)c1n[nH]c(=O)[nH]1. The van der Waals surface area contributed by atoms with E-state index in [-0.39, 0.29) is 11.7 Å². The van der Waals surface area contributed by atoms with E-state index in [2.05, 4.69) is 20.2 Å². The fourth-order valence-corrected chi connectivity index (χ4v) is 1.25. The Hall–Kier alpha value is -1.59. The Morgan fingerprint density at radius 3 is 2.93 bits per heavy atom. The molecule has 1 atom stereocenters. The van der Waals surface area contributed by atoms with E-state index < -0.39 is 0 Å². The summed E-state index contributed by atoms with van der Waals surface area (Å²) in [5.41, 5.74) is 5.43. The van der Waals surface area contributed by atoms with Crippen LogP contribution in [0.1, 0.15) is 31.6 Å². The van der Waals surface area contributed by atoms with E-state index in [1.165, 1.54) is 0 Å². The molecule has 1 fully saturated rings. The molecule has 2 rings (SSSR count). The van der Waals surface area contributed by atoms with E-state index in [4.69, 9.17) is 5.73 Å². The summed E-state index contributed by atoms with van der Waals surface area (Å²) in [6.07, 6.45) is 2.25. The molecule has 4 N–H and O–H groups in total. The minimum absolute atomic E-state index is 0.186. The van der Waals surface area contributed by atoms with Gasteiger partial charge in [-0.1, -0.05) is 0 Å². The van der Waals surface area contributed by atoms with E-state index in [9.17, 15) is 4.79 Å². The van der Waals surface area contributed by atoms with Crippen molar-refractivity contribution in [1.29, 1.82) is 0 Å². The van der Waals surface area contributed by atoms with Crippen LogP contribution in [0.2, 0.25) is 0 Å². The van der Waals surface area contributed by atoms with Crippen LogP contribution in [0.15, 0.2) is 9.79 Å². The van der Waals surface area contributed by atoms with Crippen molar-refractivity contribution < 1.29 is 0 Å². The second-order valence-corrected chi connectivity index (χ2v) is 3.57. The Bertz CT molecular complexity index is 400. The Morgan fingerprint density at radius 2 is 2.43 bits per heavy atom. The lowest BCUT2D eigenvalue weighted by Gasteiger charge is -2.03. The number of hydrogen-bond acceptors (Lipinski definition) is 3. The van der Waals surface area contributed by atoms with Crippen molar-refractivity contribution in [1.82, 2.24) is 15.2 Å². The van der Waals surface area contributed by atoms with Gasteiger partial charge in [-0.25, -0.2) is 9.89 Å². The monoisotopic (exact) mass is 195 g/mol. The molecule has 76 valence electrons. The molecule has 0 amide bonds. The van der Waals surface area contributed by atoms with Crippen molar-refractivity contribution in [3.8, 4) is 0 Å². The first-order valence-electron chi connectivity index (χ1n) is 4.64. The lowest BCUT2D eigenvalue weighted by Crippen LogP contribution is -2.15. The molecular weight excluding hydrogens is 182 g/mol. The number of H-pyrrole nitrogens is 2. The first kappa shape index (κ1) is 8.98. The highest BCUT2D eigenvalue weighted by Crippen LogP contribution is 2.29. The molecule has 1 heterocycles. The lowest BCUT2D eigenvalue weighted by molar-refractivity contribution is 0.740. The highest BCUT2D eigenvalue weighted by Gasteiger charge is 2.26. The van der Waals surface area contributed by atoms with E-state index >= 15 is 0 Å². The first-order chi connectivity index (χ1) is 6.66. The summed E-state index contributed by atoms with van der Waals surface area (Å²) in [6, 6.07) is -0.186. The topological polar surface area (TPSA) is 99.9 Å². The maximum atomic E-state index is 10.8. The summed E-state index contributed by atoms with van der Waals surface area (Å²) in [5.74, 6) is 1.64. The molecule has 0 aromatic carbocycles. The zero-order chi connectivity index (χ0) is 10.1. The maximum Gasteiger partial charge on any atom is 0.340 e. The van der Waals surface area contributed by atoms with Gasteiger partial charge in [0.2, 0.25) is 0 Å². The number of amidine groups is 1. The molecule has 6 nitrogen and oxygen atoms in total. The number of nitrogens with zero attached hydrogens (tertiary/aromatic N) is 2. The maximum absolute atomic E-state index is 10.8. The van der Waals surface area contributed by atoms with Crippen molar-refractivity contribution in [3.05, 3.63) is 16.3 Å². The van der Waals surface area contributed by atoms with E-state index in [0.717, 1.165) is 12.8 Å². The highest BCUT2D eigenvalue weighted by molar-refractivity contribution is 5.85. The predicted molar refractivity (Wildman–Crippen MR) is 52.0 cm³/mol. The van der Waals surface area contributed by atoms with Gasteiger partial charge < -0.3 is 5.73 Å². The largest absolute Gasteiger partial charge is 0.387 e. The Labute approximate surface area is 80.6 Å². The second-order valence-electron chi connectivity index (χ2n) is 3.57. The van der Waals surface area contributed by atoms with Crippen LogP contribution in [-0.4, -0.2) is 21.0 Å². The molecule has 1 aromatic rings. The zero-order valence-electron chi connectivity index (χ0n) is 7.95. The van der Waals surface area contributed by atoms with Gasteiger partial charge in [0, 0.05) is 5.92 Å². The Morgan fingerprint density at radius 1 is 1.71 bits per heavy atom. The van der Waals surface area contributed by atoms with Crippen molar-refractivity contribution in [2.75, 3.05) is 0 Å². The smallest absolute Gasteiger partial charge is 0.340 e. The molecule has 1 saturated carbocycles. The number of aromatic nitrogens is 3. The van der Waals surface area contributed by atoms with E-state index in [1.807, 2.05) is 6.92 Å². The minimum atomic E-state index is -0.313. The molecule has 0 radical (unpaired) electrons. The summed E-state index contributed by atoms with van der Waals surface area (Å²) >= 11 is 0. The van der Waals surface area contributed by atoms with Crippen molar-refractivity contribution in [3.63, 3.8) is 0 Å². The van der Waals surface area contributed by atoms with Gasteiger partial charge in [0.1, 0.15) is 6.04 Å². The highest BCUT2D eigenvalue weighted by atomic mass is 16.1. The van der Waals surface area contributed by atoms with Crippen LogP contribution in [0.25, 0.3) is 0 Å². The third-order valence-electron chi connectivity index (χ3n) is 2.25.